The Hall–Kier alpha value is -4.08. The molecule has 1 aliphatic carbocycles. The van der Waals surface area contributed by atoms with Crippen molar-refractivity contribution in [2.24, 2.45) is 5.92 Å². The van der Waals surface area contributed by atoms with E-state index in [2.05, 4.69) is 43.3 Å². The van der Waals surface area contributed by atoms with E-state index < -0.39 is 17.7 Å². The van der Waals surface area contributed by atoms with E-state index in [0.717, 1.165) is 38.5 Å². The summed E-state index contributed by atoms with van der Waals surface area (Å²) in [6.45, 7) is 6.21. The number of halogens is 1. The molecule has 4 rings (SSSR count). The lowest BCUT2D eigenvalue weighted by Crippen LogP contribution is -2.41. The van der Waals surface area contributed by atoms with Gasteiger partial charge in [0.05, 0.1) is 12.2 Å². The van der Waals surface area contributed by atoms with E-state index in [1.54, 1.807) is 18.3 Å². The number of aromatic nitrogens is 3. The molecule has 0 bridgehead atoms. The number of nitrogens with zero attached hydrogens (tertiary/aromatic N) is 3. The normalized spacial score (nSPS) is 17.6. The molecular formula is C32H41FN6O3. The number of carbonyl (C=O) groups is 2. The SMILES string of the molecule is CC(C)(C)OC(=O)N[C@H]1CC[C@H](CC(=O)NC(c2ccc(F)cc2)c2cnc(NCCCc3ccccc3)nn2)CC1. The average molecular weight is 577 g/mol. The van der Waals surface area contributed by atoms with E-state index in [1.165, 1.54) is 17.7 Å². The largest absolute Gasteiger partial charge is 0.444 e. The molecule has 42 heavy (non-hydrogen) atoms. The highest BCUT2D eigenvalue weighted by Gasteiger charge is 2.27. The molecule has 224 valence electrons. The molecule has 9 nitrogen and oxygen atoms in total. The summed E-state index contributed by atoms with van der Waals surface area (Å²) >= 11 is 0. The first-order chi connectivity index (χ1) is 20.1. The van der Waals surface area contributed by atoms with Gasteiger partial charge in [-0.15, -0.1) is 10.2 Å². The first-order valence-electron chi connectivity index (χ1n) is 14.7. The van der Waals surface area contributed by atoms with Crippen molar-refractivity contribution in [1.29, 1.82) is 0 Å². The standard InChI is InChI=1S/C32H41FN6O3/c1-32(2,3)42-31(41)36-26-17-11-23(12-18-26)20-28(40)37-29(24-13-15-25(33)16-14-24)27-21-35-30(39-38-27)34-19-7-10-22-8-5-4-6-9-22/h4-6,8-9,13-16,21,23,26,29H,7,10-12,17-20H2,1-3H3,(H,36,41)(H,37,40)(H,34,35,39)/t23-,26-,29?. The number of ether oxygens (including phenoxy) is 1. The molecule has 1 fully saturated rings. The highest BCUT2D eigenvalue weighted by atomic mass is 19.1. The van der Waals surface area contributed by atoms with Crippen molar-refractivity contribution in [3.8, 4) is 0 Å². The van der Waals surface area contributed by atoms with Crippen molar-refractivity contribution in [3.05, 3.63) is 83.4 Å². The summed E-state index contributed by atoms with van der Waals surface area (Å²) in [6.07, 6.45) is 6.60. The molecule has 1 heterocycles. The predicted molar refractivity (Wildman–Crippen MR) is 159 cm³/mol. The van der Waals surface area contributed by atoms with Crippen LogP contribution in [0, 0.1) is 11.7 Å². The van der Waals surface area contributed by atoms with Crippen LogP contribution in [0.15, 0.2) is 60.8 Å². The fourth-order valence-corrected chi connectivity index (χ4v) is 5.09. The summed E-state index contributed by atoms with van der Waals surface area (Å²) in [5.74, 6) is 0.118. The second kappa shape index (κ2) is 14.7. The lowest BCUT2D eigenvalue weighted by molar-refractivity contribution is -0.122. The van der Waals surface area contributed by atoms with Crippen LogP contribution in [0.4, 0.5) is 15.1 Å². The average Bonchev–Trinajstić information content (AvgIpc) is 2.96. The van der Waals surface area contributed by atoms with Crippen LogP contribution in [0.1, 0.15) is 82.2 Å². The highest BCUT2D eigenvalue weighted by Crippen LogP contribution is 2.28. The topological polar surface area (TPSA) is 118 Å². The molecule has 1 aliphatic rings. The Bertz CT molecular complexity index is 1270. The molecular weight excluding hydrogens is 535 g/mol. The molecule has 0 saturated heterocycles. The highest BCUT2D eigenvalue weighted by molar-refractivity contribution is 5.77. The zero-order valence-corrected chi connectivity index (χ0v) is 24.6. The molecule has 2 aromatic carbocycles. The van der Waals surface area contributed by atoms with Gasteiger partial charge in [-0.25, -0.2) is 14.2 Å². The van der Waals surface area contributed by atoms with Crippen LogP contribution in [0.3, 0.4) is 0 Å². The third kappa shape index (κ3) is 10.1. The van der Waals surface area contributed by atoms with Gasteiger partial charge in [0.2, 0.25) is 11.9 Å². The Morgan fingerprint density at radius 3 is 2.36 bits per heavy atom. The Morgan fingerprint density at radius 1 is 1.00 bits per heavy atom. The van der Waals surface area contributed by atoms with Crippen molar-refractivity contribution in [3.63, 3.8) is 0 Å². The summed E-state index contributed by atoms with van der Waals surface area (Å²) in [5, 5.41) is 17.8. The maximum Gasteiger partial charge on any atom is 0.407 e. The molecule has 2 amide bonds. The fourth-order valence-electron chi connectivity index (χ4n) is 5.09. The molecule has 0 radical (unpaired) electrons. The zero-order chi connectivity index (χ0) is 30.0. The maximum absolute atomic E-state index is 13.7. The van der Waals surface area contributed by atoms with Crippen molar-refractivity contribution in [1.82, 2.24) is 25.8 Å². The minimum absolute atomic E-state index is 0.0398. The number of aryl methyl sites for hydroxylation is 1. The monoisotopic (exact) mass is 576 g/mol. The number of carbonyl (C=O) groups excluding carboxylic acids is 2. The zero-order valence-electron chi connectivity index (χ0n) is 24.6. The molecule has 3 N–H and O–H groups in total. The molecule has 0 spiro atoms. The number of nitrogens with one attached hydrogen (secondary N) is 3. The molecule has 0 aliphatic heterocycles. The fraction of sp³-hybridized carbons (Fsp3) is 0.469. The third-order valence-electron chi connectivity index (χ3n) is 7.19. The van der Waals surface area contributed by atoms with Crippen LogP contribution in [0.2, 0.25) is 0 Å². The van der Waals surface area contributed by atoms with Crippen LogP contribution >= 0.6 is 0 Å². The van der Waals surface area contributed by atoms with Gasteiger partial charge in [0, 0.05) is 19.0 Å². The van der Waals surface area contributed by atoms with Gasteiger partial charge < -0.3 is 20.7 Å². The second-order valence-electron chi connectivity index (χ2n) is 11.8. The number of hydrogen-bond acceptors (Lipinski definition) is 7. The van der Waals surface area contributed by atoms with Crippen LogP contribution < -0.4 is 16.0 Å². The quantitative estimate of drug-likeness (QED) is 0.249. The minimum Gasteiger partial charge on any atom is -0.444 e. The van der Waals surface area contributed by atoms with Crippen LogP contribution in [0.25, 0.3) is 0 Å². The number of hydrogen-bond donors (Lipinski definition) is 3. The number of anilines is 1. The molecule has 1 unspecified atom stereocenters. The van der Waals surface area contributed by atoms with Crippen molar-refractivity contribution in [2.75, 3.05) is 11.9 Å². The Kier molecular flexibility index (Phi) is 10.8. The van der Waals surface area contributed by atoms with Gasteiger partial charge in [0.25, 0.3) is 0 Å². The number of alkyl carbamates (subject to hydrolysis) is 1. The number of amides is 2. The lowest BCUT2D eigenvalue weighted by Gasteiger charge is -2.30. The molecule has 1 atom stereocenters. The van der Waals surface area contributed by atoms with E-state index >= 15 is 0 Å². The Morgan fingerprint density at radius 2 is 1.71 bits per heavy atom. The van der Waals surface area contributed by atoms with Crippen molar-refractivity contribution in [2.45, 2.75) is 83.4 Å². The smallest absolute Gasteiger partial charge is 0.407 e. The molecule has 1 aromatic heterocycles. The summed E-state index contributed by atoms with van der Waals surface area (Å²) in [7, 11) is 0. The van der Waals surface area contributed by atoms with E-state index in [0.29, 0.717) is 30.2 Å². The van der Waals surface area contributed by atoms with Gasteiger partial charge in [-0.2, -0.15) is 0 Å². The maximum atomic E-state index is 13.7. The van der Waals surface area contributed by atoms with Crippen molar-refractivity contribution < 1.29 is 18.7 Å². The van der Waals surface area contributed by atoms with Gasteiger partial charge in [0.15, 0.2) is 0 Å². The minimum atomic E-state index is -0.615. The number of benzene rings is 2. The Balaban J connectivity index is 1.30. The van der Waals surface area contributed by atoms with Crippen LogP contribution in [-0.2, 0) is 16.0 Å². The summed E-state index contributed by atoms with van der Waals surface area (Å²) in [4.78, 5) is 29.7. The van der Waals surface area contributed by atoms with Gasteiger partial charge >= 0.3 is 6.09 Å². The Labute approximate surface area is 247 Å². The summed E-state index contributed by atoms with van der Waals surface area (Å²) in [6, 6.07) is 15.7. The van der Waals surface area contributed by atoms with Gasteiger partial charge in [0.1, 0.15) is 17.1 Å². The van der Waals surface area contributed by atoms with Crippen LogP contribution in [-0.4, -0.2) is 45.4 Å². The number of rotatable bonds is 11. The summed E-state index contributed by atoms with van der Waals surface area (Å²) in [5.41, 5.74) is 1.89. The van der Waals surface area contributed by atoms with E-state index in [4.69, 9.17) is 4.74 Å². The van der Waals surface area contributed by atoms with Crippen LogP contribution in [0.5, 0.6) is 0 Å². The van der Waals surface area contributed by atoms with E-state index in [1.807, 2.05) is 39.0 Å². The third-order valence-corrected chi connectivity index (χ3v) is 7.19. The van der Waals surface area contributed by atoms with Gasteiger partial charge in [-0.3, -0.25) is 4.79 Å². The first kappa shape index (κ1) is 30.9. The van der Waals surface area contributed by atoms with E-state index in [-0.39, 0.29) is 23.7 Å². The van der Waals surface area contributed by atoms with Crippen molar-refractivity contribution >= 4 is 17.9 Å². The predicted octanol–water partition coefficient (Wildman–Crippen LogP) is 5.73. The molecule has 1 saturated carbocycles. The summed E-state index contributed by atoms with van der Waals surface area (Å²) < 4.78 is 19.0. The van der Waals surface area contributed by atoms with E-state index in [9.17, 15) is 14.0 Å². The lowest BCUT2D eigenvalue weighted by atomic mass is 9.84. The van der Waals surface area contributed by atoms with Gasteiger partial charge in [-0.05, 0) is 88.5 Å². The van der Waals surface area contributed by atoms with Gasteiger partial charge in [-0.1, -0.05) is 42.5 Å². The molecule has 10 heteroatoms. The first-order valence-corrected chi connectivity index (χ1v) is 14.7. The molecule has 3 aromatic rings. The second-order valence-corrected chi connectivity index (χ2v) is 11.8.